The summed E-state index contributed by atoms with van der Waals surface area (Å²) in [5, 5.41) is 0. The molecule has 1 aliphatic heterocycles. The standard InChI is InChI=1S/C12H16BF3N2O2/c1-10(2)11(3,4)20-13(19-10)7-5-8(12(14,15)16)9(17)18-6-7/h5-6H,1-4H3,(H2,17,18). The number of anilines is 1. The van der Waals surface area contributed by atoms with E-state index in [1.54, 1.807) is 0 Å². The Hall–Kier alpha value is -1.28. The summed E-state index contributed by atoms with van der Waals surface area (Å²) in [7, 11) is -0.894. The highest BCUT2D eigenvalue weighted by Crippen LogP contribution is 2.37. The van der Waals surface area contributed by atoms with E-state index in [2.05, 4.69) is 4.98 Å². The van der Waals surface area contributed by atoms with Crippen molar-refractivity contribution in [1.82, 2.24) is 4.98 Å². The van der Waals surface area contributed by atoms with Gasteiger partial charge in [-0.1, -0.05) is 0 Å². The number of aromatic nitrogens is 1. The Bertz CT molecular complexity index is 516. The fraction of sp³-hybridized carbons (Fsp3) is 0.583. The lowest BCUT2D eigenvalue weighted by molar-refractivity contribution is -0.137. The van der Waals surface area contributed by atoms with E-state index in [1.165, 1.54) is 6.20 Å². The minimum atomic E-state index is -4.56. The number of hydrogen-bond donors (Lipinski definition) is 1. The van der Waals surface area contributed by atoms with Crippen molar-refractivity contribution in [3.63, 3.8) is 0 Å². The molecule has 0 amide bonds. The van der Waals surface area contributed by atoms with Gasteiger partial charge in [0, 0.05) is 11.7 Å². The van der Waals surface area contributed by atoms with Gasteiger partial charge in [0.25, 0.3) is 0 Å². The number of alkyl halides is 3. The molecule has 0 bridgehead atoms. The summed E-state index contributed by atoms with van der Waals surface area (Å²) in [6, 6.07) is 0.921. The smallest absolute Gasteiger partial charge is 0.399 e. The van der Waals surface area contributed by atoms with Crippen LogP contribution in [-0.2, 0) is 15.5 Å². The van der Waals surface area contributed by atoms with Crippen LogP contribution in [0.1, 0.15) is 33.3 Å². The first-order valence-corrected chi connectivity index (χ1v) is 6.12. The third-order valence-electron chi connectivity index (χ3n) is 3.77. The van der Waals surface area contributed by atoms with Crippen LogP contribution >= 0.6 is 0 Å². The van der Waals surface area contributed by atoms with Crippen molar-refractivity contribution < 1.29 is 22.5 Å². The van der Waals surface area contributed by atoms with Crippen LogP contribution in [0.2, 0.25) is 0 Å². The Labute approximate surface area is 115 Å². The Morgan fingerprint density at radius 2 is 1.65 bits per heavy atom. The first kappa shape index (κ1) is 15.1. The summed E-state index contributed by atoms with van der Waals surface area (Å²) in [6.45, 7) is 7.29. The van der Waals surface area contributed by atoms with Gasteiger partial charge in [-0.2, -0.15) is 13.2 Å². The molecule has 0 atom stereocenters. The van der Waals surface area contributed by atoms with Crippen molar-refractivity contribution in [2.75, 3.05) is 5.73 Å². The molecule has 1 aliphatic rings. The molecule has 0 unspecified atom stereocenters. The predicted octanol–water partition coefficient (Wildman–Crippen LogP) is 1.98. The summed E-state index contributed by atoms with van der Waals surface area (Å²) in [6.07, 6.45) is -3.32. The second kappa shape index (κ2) is 4.36. The lowest BCUT2D eigenvalue weighted by Gasteiger charge is -2.32. The third-order valence-corrected chi connectivity index (χ3v) is 3.77. The van der Waals surface area contributed by atoms with Gasteiger partial charge in [-0.15, -0.1) is 0 Å². The monoisotopic (exact) mass is 288 g/mol. The summed E-state index contributed by atoms with van der Waals surface area (Å²) >= 11 is 0. The molecular formula is C12H16BF3N2O2. The molecule has 1 aromatic heterocycles. The third kappa shape index (κ3) is 2.49. The second-order valence-corrected chi connectivity index (χ2v) is 5.79. The molecule has 1 fully saturated rings. The van der Waals surface area contributed by atoms with E-state index >= 15 is 0 Å². The maximum atomic E-state index is 12.8. The first-order valence-electron chi connectivity index (χ1n) is 6.12. The van der Waals surface area contributed by atoms with E-state index in [-0.39, 0.29) is 5.46 Å². The van der Waals surface area contributed by atoms with Gasteiger partial charge in [-0.3, -0.25) is 0 Å². The SMILES string of the molecule is CC1(C)OB(c2cnc(N)c(C(F)(F)F)c2)OC1(C)C. The van der Waals surface area contributed by atoms with E-state index < -0.39 is 35.9 Å². The molecule has 0 radical (unpaired) electrons. The molecule has 2 heterocycles. The fourth-order valence-electron chi connectivity index (χ4n) is 1.83. The molecule has 1 saturated heterocycles. The Kier molecular flexibility index (Phi) is 3.30. The summed E-state index contributed by atoms with van der Waals surface area (Å²) < 4.78 is 49.8. The van der Waals surface area contributed by atoms with E-state index in [4.69, 9.17) is 15.0 Å². The molecule has 8 heteroatoms. The van der Waals surface area contributed by atoms with E-state index in [9.17, 15) is 13.2 Å². The molecule has 0 saturated carbocycles. The highest BCUT2D eigenvalue weighted by molar-refractivity contribution is 6.62. The van der Waals surface area contributed by atoms with Gasteiger partial charge in [0.05, 0.1) is 16.8 Å². The summed E-state index contributed by atoms with van der Waals surface area (Å²) in [5.74, 6) is -0.558. The maximum absolute atomic E-state index is 12.8. The number of halogens is 3. The van der Waals surface area contributed by atoms with Gasteiger partial charge in [0.15, 0.2) is 0 Å². The number of nitrogens with two attached hydrogens (primary N) is 1. The fourth-order valence-corrected chi connectivity index (χ4v) is 1.83. The lowest BCUT2D eigenvalue weighted by Crippen LogP contribution is -2.41. The van der Waals surface area contributed by atoms with Crippen LogP contribution in [0.5, 0.6) is 0 Å². The second-order valence-electron chi connectivity index (χ2n) is 5.79. The quantitative estimate of drug-likeness (QED) is 0.803. The Balaban J connectivity index is 2.37. The van der Waals surface area contributed by atoms with E-state index in [0.29, 0.717) is 0 Å². The average molecular weight is 288 g/mol. The van der Waals surface area contributed by atoms with Crippen LogP contribution in [-0.4, -0.2) is 23.3 Å². The average Bonchev–Trinajstić information content (AvgIpc) is 2.47. The van der Waals surface area contributed by atoms with Gasteiger partial charge in [0.2, 0.25) is 0 Å². The molecule has 4 nitrogen and oxygen atoms in total. The zero-order valence-corrected chi connectivity index (χ0v) is 11.7. The number of pyridine rings is 1. The highest BCUT2D eigenvalue weighted by atomic mass is 19.4. The van der Waals surface area contributed by atoms with Crippen molar-refractivity contribution in [3.05, 3.63) is 17.8 Å². The van der Waals surface area contributed by atoms with Crippen molar-refractivity contribution >= 4 is 18.4 Å². The number of hydrogen-bond acceptors (Lipinski definition) is 4. The topological polar surface area (TPSA) is 57.4 Å². The summed E-state index contributed by atoms with van der Waals surface area (Å²) in [4.78, 5) is 3.58. The van der Waals surface area contributed by atoms with Gasteiger partial charge >= 0.3 is 13.3 Å². The van der Waals surface area contributed by atoms with E-state index in [1.807, 2.05) is 27.7 Å². The zero-order valence-electron chi connectivity index (χ0n) is 11.7. The molecule has 2 N–H and O–H groups in total. The van der Waals surface area contributed by atoms with Gasteiger partial charge in [0.1, 0.15) is 5.82 Å². The molecule has 2 rings (SSSR count). The lowest BCUT2D eigenvalue weighted by atomic mass is 9.79. The van der Waals surface area contributed by atoms with Crippen LogP contribution in [0.15, 0.2) is 12.3 Å². The number of rotatable bonds is 1. The van der Waals surface area contributed by atoms with Gasteiger partial charge in [-0.05, 0) is 33.8 Å². The highest BCUT2D eigenvalue weighted by Gasteiger charge is 2.52. The molecule has 110 valence electrons. The molecule has 20 heavy (non-hydrogen) atoms. The van der Waals surface area contributed by atoms with Crippen LogP contribution in [0.3, 0.4) is 0 Å². The maximum Gasteiger partial charge on any atom is 0.496 e. The molecule has 0 spiro atoms. The molecule has 0 aromatic carbocycles. The first-order chi connectivity index (χ1) is 8.94. The van der Waals surface area contributed by atoms with Crippen LogP contribution in [0.25, 0.3) is 0 Å². The van der Waals surface area contributed by atoms with Crippen molar-refractivity contribution in [1.29, 1.82) is 0 Å². The van der Waals surface area contributed by atoms with Crippen molar-refractivity contribution in [2.45, 2.75) is 45.1 Å². The normalized spacial score (nSPS) is 21.2. The minimum absolute atomic E-state index is 0.199. The number of nitrogens with zero attached hydrogens (tertiary/aromatic N) is 1. The molecule has 0 aliphatic carbocycles. The molecular weight excluding hydrogens is 272 g/mol. The number of nitrogen functional groups attached to an aromatic ring is 1. The molecule has 1 aromatic rings. The predicted molar refractivity (Wildman–Crippen MR) is 69.4 cm³/mol. The Morgan fingerprint density at radius 1 is 1.15 bits per heavy atom. The van der Waals surface area contributed by atoms with Crippen LogP contribution in [0.4, 0.5) is 19.0 Å². The zero-order chi connectivity index (χ0) is 15.3. The largest absolute Gasteiger partial charge is 0.496 e. The summed E-state index contributed by atoms with van der Waals surface area (Å²) in [5.41, 5.74) is 3.23. The van der Waals surface area contributed by atoms with E-state index in [0.717, 1.165) is 6.07 Å². The van der Waals surface area contributed by atoms with Crippen molar-refractivity contribution in [2.24, 2.45) is 0 Å². The van der Waals surface area contributed by atoms with Crippen molar-refractivity contribution in [3.8, 4) is 0 Å². The van der Waals surface area contributed by atoms with Gasteiger partial charge in [-0.25, -0.2) is 4.98 Å². The van der Waals surface area contributed by atoms with Gasteiger partial charge < -0.3 is 15.0 Å². The Morgan fingerprint density at radius 3 is 2.10 bits per heavy atom. The van der Waals surface area contributed by atoms with Crippen LogP contribution in [0, 0.1) is 0 Å². The van der Waals surface area contributed by atoms with Crippen LogP contribution < -0.4 is 11.2 Å². The minimum Gasteiger partial charge on any atom is -0.399 e.